The molecular formula is C10H10ClFN2. The Labute approximate surface area is 87.6 Å². The molecule has 0 saturated carbocycles. The second kappa shape index (κ2) is 4.77. The second-order valence-electron chi connectivity index (χ2n) is 2.91. The van der Waals surface area contributed by atoms with Crippen LogP contribution in [0.2, 0.25) is 0 Å². The first kappa shape index (κ1) is 10.7. The molecule has 0 aliphatic rings. The summed E-state index contributed by atoms with van der Waals surface area (Å²) < 4.78 is 12.8. The lowest BCUT2D eigenvalue weighted by atomic mass is 10.1. The molecule has 2 nitrogen and oxygen atoms in total. The molecule has 0 saturated heterocycles. The van der Waals surface area contributed by atoms with Gasteiger partial charge < -0.3 is 0 Å². The van der Waals surface area contributed by atoms with Gasteiger partial charge in [0, 0.05) is 12.6 Å². The summed E-state index contributed by atoms with van der Waals surface area (Å²) in [5, 5.41) is 6.54. The smallest absolute Gasteiger partial charge is 0.123 e. The standard InChI is InChI=1S/C10H9FN2.ClH/c11-10-3-1-2-8(5-10)4-9-6-12-13-7-9;/h1-3,5-7H,4H2,(H,12,13);1H. The number of nitrogens with one attached hydrogen (secondary N) is 1. The van der Waals surface area contributed by atoms with Crippen molar-refractivity contribution in [3.05, 3.63) is 53.6 Å². The molecule has 14 heavy (non-hydrogen) atoms. The van der Waals surface area contributed by atoms with Gasteiger partial charge in [0.2, 0.25) is 0 Å². The van der Waals surface area contributed by atoms with Crippen molar-refractivity contribution in [1.82, 2.24) is 10.2 Å². The molecule has 0 amide bonds. The van der Waals surface area contributed by atoms with Crippen LogP contribution < -0.4 is 0 Å². The van der Waals surface area contributed by atoms with Crippen molar-refractivity contribution >= 4 is 12.4 Å². The first-order valence-corrected chi connectivity index (χ1v) is 4.07. The predicted octanol–water partition coefficient (Wildman–Crippen LogP) is 2.56. The lowest BCUT2D eigenvalue weighted by molar-refractivity contribution is 0.626. The summed E-state index contributed by atoms with van der Waals surface area (Å²) in [6.45, 7) is 0. The van der Waals surface area contributed by atoms with Crippen LogP contribution in [0.25, 0.3) is 0 Å². The van der Waals surface area contributed by atoms with Gasteiger partial charge in [-0.1, -0.05) is 12.1 Å². The van der Waals surface area contributed by atoms with E-state index in [1.807, 2.05) is 12.3 Å². The molecule has 1 aromatic carbocycles. The maximum absolute atomic E-state index is 12.8. The molecular weight excluding hydrogens is 203 g/mol. The summed E-state index contributed by atoms with van der Waals surface area (Å²) in [6.07, 6.45) is 4.27. The Morgan fingerprint density at radius 2 is 2.14 bits per heavy atom. The summed E-state index contributed by atoms with van der Waals surface area (Å²) in [6, 6.07) is 6.59. The Balaban J connectivity index is 0.000000980. The molecule has 1 heterocycles. The molecule has 2 rings (SSSR count). The Hall–Kier alpha value is -1.35. The van der Waals surface area contributed by atoms with Crippen LogP contribution in [0.1, 0.15) is 11.1 Å². The van der Waals surface area contributed by atoms with E-state index in [2.05, 4.69) is 10.2 Å². The third-order valence-electron chi connectivity index (χ3n) is 1.85. The second-order valence-corrected chi connectivity index (χ2v) is 2.91. The first-order chi connectivity index (χ1) is 6.34. The molecule has 0 aliphatic carbocycles. The summed E-state index contributed by atoms with van der Waals surface area (Å²) in [7, 11) is 0. The van der Waals surface area contributed by atoms with Crippen molar-refractivity contribution in [2.24, 2.45) is 0 Å². The molecule has 1 aromatic heterocycles. The fourth-order valence-electron chi connectivity index (χ4n) is 1.26. The van der Waals surface area contributed by atoms with Crippen molar-refractivity contribution in [1.29, 1.82) is 0 Å². The van der Waals surface area contributed by atoms with E-state index in [4.69, 9.17) is 0 Å². The van der Waals surface area contributed by atoms with E-state index in [1.54, 1.807) is 12.3 Å². The molecule has 1 N–H and O–H groups in total. The minimum absolute atomic E-state index is 0. The van der Waals surface area contributed by atoms with Crippen molar-refractivity contribution in [2.45, 2.75) is 6.42 Å². The van der Waals surface area contributed by atoms with E-state index >= 15 is 0 Å². The molecule has 0 radical (unpaired) electrons. The summed E-state index contributed by atoms with van der Waals surface area (Å²) in [5.41, 5.74) is 2.02. The number of nitrogens with zero attached hydrogens (tertiary/aromatic N) is 1. The van der Waals surface area contributed by atoms with Crippen molar-refractivity contribution < 1.29 is 4.39 Å². The van der Waals surface area contributed by atoms with Crippen molar-refractivity contribution in [3.63, 3.8) is 0 Å². The van der Waals surface area contributed by atoms with Gasteiger partial charge in [0.15, 0.2) is 0 Å². The van der Waals surface area contributed by atoms with Crippen LogP contribution in [0.4, 0.5) is 4.39 Å². The summed E-state index contributed by atoms with van der Waals surface area (Å²) in [4.78, 5) is 0. The fourth-order valence-corrected chi connectivity index (χ4v) is 1.26. The third kappa shape index (κ3) is 2.57. The highest BCUT2D eigenvalue weighted by molar-refractivity contribution is 5.85. The molecule has 2 aromatic rings. The molecule has 4 heteroatoms. The molecule has 0 aliphatic heterocycles. The number of hydrogen-bond donors (Lipinski definition) is 1. The number of aromatic amines is 1. The number of benzene rings is 1. The van der Waals surface area contributed by atoms with Crippen LogP contribution in [0, 0.1) is 5.82 Å². The number of H-pyrrole nitrogens is 1. The van der Waals surface area contributed by atoms with Crippen molar-refractivity contribution in [3.8, 4) is 0 Å². The molecule has 0 unspecified atom stereocenters. The van der Waals surface area contributed by atoms with Gasteiger partial charge in [0.05, 0.1) is 6.20 Å². The van der Waals surface area contributed by atoms with E-state index in [1.165, 1.54) is 12.1 Å². The maximum Gasteiger partial charge on any atom is 0.123 e. The zero-order valence-corrected chi connectivity index (χ0v) is 8.22. The van der Waals surface area contributed by atoms with Crippen LogP contribution in [-0.2, 0) is 6.42 Å². The fraction of sp³-hybridized carbons (Fsp3) is 0.100. The first-order valence-electron chi connectivity index (χ1n) is 4.07. The molecule has 74 valence electrons. The van der Waals surface area contributed by atoms with Gasteiger partial charge in [-0.2, -0.15) is 5.10 Å². The van der Waals surface area contributed by atoms with Gasteiger partial charge in [-0.15, -0.1) is 12.4 Å². The van der Waals surface area contributed by atoms with E-state index < -0.39 is 0 Å². The highest BCUT2D eigenvalue weighted by Crippen LogP contribution is 2.08. The van der Waals surface area contributed by atoms with Gasteiger partial charge in [0.1, 0.15) is 5.82 Å². The van der Waals surface area contributed by atoms with E-state index in [0.29, 0.717) is 6.42 Å². The Morgan fingerprint density at radius 3 is 2.79 bits per heavy atom. The molecule has 0 bridgehead atoms. The Bertz CT molecular complexity index is 387. The average molecular weight is 213 g/mol. The highest BCUT2D eigenvalue weighted by Gasteiger charge is 1.97. The van der Waals surface area contributed by atoms with Crippen LogP contribution in [-0.4, -0.2) is 10.2 Å². The molecule has 0 spiro atoms. The minimum atomic E-state index is -0.194. The van der Waals surface area contributed by atoms with Gasteiger partial charge >= 0.3 is 0 Å². The number of hydrogen-bond acceptors (Lipinski definition) is 1. The largest absolute Gasteiger partial charge is 0.285 e. The van der Waals surface area contributed by atoms with E-state index in [0.717, 1.165) is 11.1 Å². The van der Waals surface area contributed by atoms with Gasteiger partial charge in [-0.25, -0.2) is 4.39 Å². The highest BCUT2D eigenvalue weighted by atomic mass is 35.5. The summed E-state index contributed by atoms with van der Waals surface area (Å²) in [5.74, 6) is -0.194. The normalized spacial score (nSPS) is 9.50. The maximum atomic E-state index is 12.8. The number of halogens is 2. The SMILES string of the molecule is Cl.Fc1cccc(Cc2cn[nH]c2)c1. The molecule has 0 atom stereocenters. The van der Waals surface area contributed by atoms with Gasteiger partial charge in [0.25, 0.3) is 0 Å². The lowest BCUT2D eigenvalue weighted by Crippen LogP contribution is -1.86. The number of rotatable bonds is 2. The monoisotopic (exact) mass is 212 g/mol. The number of aromatic nitrogens is 2. The van der Waals surface area contributed by atoms with Crippen LogP contribution in [0.15, 0.2) is 36.7 Å². The van der Waals surface area contributed by atoms with Crippen LogP contribution in [0.5, 0.6) is 0 Å². The van der Waals surface area contributed by atoms with Crippen molar-refractivity contribution in [2.75, 3.05) is 0 Å². The minimum Gasteiger partial charge on any atom is -0.285 e. The van der Waals surface area contributed by atoms with Crippen LogP contribution in [0.3, 0.4) is 0 Å². The quantitative estimate of drug-likeness (QED) is 0.815. The third-order valence-corrected chi connectivity index (χ3v) is 1.85. The van der Waals surface area contributed by atoms with Gasteiger partial charge in [-0.3, -0.25) is 5.10 Å². The van der Waals surface area contributed by atoms with Crippen LogP contribution >= 0.6 is 12.4 Å². The van der Waals surface area contributed by atoms with E-state index in [-0.39, 0.29) is 18.2 Å². The zero-order valence-electron chi connectivity index (χ0n) is 7.40. The summed E-state index contributed by atoms with van der Waals surface area (Å²) >= 11 is 0. The topological polar surface area (TPSA) is 28.7 Å². The average Bonchev–Trinajstić information content (AvgIpc) is 2.57. The lowest BCUT2D eigenvalue weighted by Gasteiger charge is -1.97. The zero-order chi connectivity index (χ0) is 9.10. The van der Waals surface area contributed by atoms with E-state index in [9.17, 15) is 4.39 Å². The Morgan fingerprint density at radius 1 is 1.29 bits per heavy atom. The predicted molar refractivity (Wildman–Crippen MR) is 55.0 cm³/mol. The Kier molecular flexibility index (Phi) is 3.65. The van der Waals surface area contributed by atoms with Gasteiger partial charge in [-0.05, 0) is 23.3 Å². The molecule has 0 fully saturated rings.